The third kappa shape index (κ3) is 3.95. The number of hydrogen-bond acceptors (Lipinski definition) is 2. The molecule has 0 saturated heterocycles. The summed E-state index contributed by atoms with van der Waals surface area (Å²) in [5, 5.41) is 4.66. The first-order chi connectivity index (χ1) is 16.2. The summed E-state index contributed by atoms with van der Waals surface area (Å²) in [5.74, 6) is -0.193. The van der Waals surface area contributed by atoms with E-state index in [2.05, 4.69) is 44.9 Å². The quantitative estimate of drug-likeness (QED) is 0.444. The van der Waals surface area contributed by atoms with Gasteiger partial charge >= 0.3 is 0 Å². The van der Waals surface area contributed by atoms with Crippen LogP contribution in [0, 0.1) is 5.92 Å². The molecule has 5 heteroatoms. The van der Waals surface area contributed by atoms with Crippen molar-refractivity contribution in [1.29, 1.82) is 0 Å². The summed E-state index contributed by atoms with van der Waals surface area (Å²) >= 11 is 0. The van der Waals surface area contributed by atoms with Gasteiger partial charge in [0.15, 0.2) is 0 Å². The smallest absolute Gasteiger partial charge is 0.265 e. The van der Waals surface area contributed by atoms with Crippen molar-refractivity contribution in [1.82, 2.24) is 9.78 Å². The van der Waals surface area contributed by atoms with Crippen LogP contribution in [-0.2, 0) is 16.8 Å². The molecular weight excluding hydrogens is 408 g/mol. The summed E-state index contributed by atoms with van der Waals surface area (Å²) in [6.45, 7) is 0.788. The summed E-state index contributed by atoms with van der Waals surface area (Å²) in [4.78, 5) is 13.3. The van der Waals surface area contributed by atoms with Crippen LogP contribution >= 0.6 is 0 Å². The monoisotopic (exact) mass is 437 g/mol. The lowest BCUT2D eigenvalue weighted by atomic mass is 9.64. The molecule has 1 aromatic heterocycles. The summed E-state index contributed by atoms with van der Waals surface area (Å²) < 4.78 is 4.17. The third-order valence-corrected chi connectivity index (χ3v) is 7.05. The lowest BCUT2D eigenvalue weighted by Crippen LogP contribution is -2.47. The van der Waals surface area contributed by atoms with Gasteiger partial charge in [-0.15, -0.1) is 4.68 Å². The summed E-state index contributed by atoms with van der Waals surface area (Å²) in [5.41, 5.74) is 8.54. The van der Waals surface area contributed by atoms with Gasteiger partial charge in [0, 0.05) is 5.10 Å². The first kappa shape index (κ1) is 21.1. The molecule has 2 unspecified atom stereocenters. The molecule has 5 rings (SSSR count). The Morgan fingerprint density at radius 3 is 2.06 bits per heavy atom. The molecule has 4 aromatic rings. The summed E-state index contributed by atoms with van der Waals surface area (Å²) in [6, 6.07) is 30.7. The number of rotatable bonds is 7. The highest BCUT2D eigenvalue weighted by Gasteiger charge is 2.51. The zero-order chi connectivity index (χ0) is 22.7. The Morgan fingerprint density at radius 2 is 1.48 bits per heavy atom. The normalized spacial score (nSPS) is 18.3. The van der Waals surface area contributed by atoms with E-state index in [-0.39, 0.29) is 17.9 Å². The zero-order valence-corrected chi connectivity index (χ0v) is 18.6. The molecule has 3 aromatic carbocycles. The molecule has 1 saturated carbocycles. The number of hydrogen-bond donors (Lipinski definition) is 1. The highest BCUT2D eigenvalue weighted by molar-refractivity contribution is 5.91. The molecular formula is C28H29N4O+. The zero-order valence-electron chi connectivity index (χ0n) is 18.6. The highest BCUT2D eigenvalue weighted by Crippen LogP contribution is 2.49. The minimum absolute atomic E-state index is 0.0940. The molecule has 0 spiro atoms. The number of benzene rings is 3. The van der Waals surface area contributed by atoms with Crippen molar-refractivity contribution in [2.75, 3.05) is 0 Å². The molecule has 166 valence electrons. The topological polar surface area (TPSA) is 64.8 Å². The molecule has 1 aliphatic rings. The predicted molar refractivity (Wildman–Crippen MR) is 127 cm³/mol. The van der Waals surface area contributed by atoms with Crippen molar-refractivity contribution in [2.24, 2.45) is 11.7 Å². The maximum Gasteiger partial charge on any atom is 0.265 e. The lowest BCUT2D eigenvalue weighted by molar-refractivity contribution is -0.689. The van der Waals surface area contributed by atoms with Crippen LogP contribution in [0.25, 0.3) is 0 Å². The molecule has 0 radical (unpaired) electrons. The number of amides is 1. The second-order valence-electron chi connectivity index (χ2n) is 8.95. The predicted octanol–water partition coefficient (Wildman–Crippen LogP) is 4.03. The van der Waals surface area contributed by atoms with Gasteiger partial charge in [0.1, 0.15) is 11.5 Å². The Hall–Kier alpha value is -3.73. The Morgan fingerprint density at radius 1 is 0.909 bits per heavy atom. The van der Waals surface area contributed by atoms with Crippen LogP contribution in [0.3, 0.4) is 0 Å². The fourth-order valence-electron chi connectivity index (χ4n) is 5.52. The van der Waals surface area contributed by atoms with Crippen molar-refractivity contribution < 1.29 is 9.36 Å². The van der Waals surface area contributed by atoms with E-state index in [0.29, 0.717) is 0 Å². The van der Waals surface area contributed by atoms with E-state index >= 15 is 0 Å². The number of carbonyl (C=O) groups excluding carboxylic acids is 1. The minimum Gasteiger partial charge on any atom is -0.369 e. The second kappa shape index (κ2) is 9.02. The number of carbonyl (C=O) groups is 1. The Balaban J connectivity index is 1.45. The van der Waals surface area contributed by atoms with Gasteiger partial charge in [0.2, 0.25) is 12.2 Å². The minimum atomic E-state index is -0.857. The van der Waals surface area contributed by atoms with Crippen LogP contribution in [0.2, 0.25) is 0 Å². The van der Waals surface area contributed by atoms with E-state index in [9.17, 15) is 4.79 Å². The van der Waals surface area contributed by atoms with Crippen LogP contribution in [-0.4, -0.2) is 15.7 Å². The summed E-state index contributed by atoms with van der Waals surface area (Å²) in [7, 11) is 0. The van der Waals surface area contributed by atoms with Crippen LogP contribution in [0.5, 0.6) is 0 Å². The Kier molecular flexibility index (Phi) is 5.78. The standard InChI is InChI=1S/C28H28N4O/c29-27(33)28(23-12-6-2-7-13-23,24-14-8-3-9-15-24)25-16-17-26(18-25)32-21-31(20-30-32)19-22-10-4-1-5-11-22/h1-15,20-21,25-26H,16-19H2,(H-,29,33)/p+1. The molecule has 5 nitrogen and oxygen atoms in total. The SMILES string of the molecule is NC(=O)C(c1ccccc1)(c1ccccc1)C1CCC(n2c[n+](Cc3ccccc3)cn2)C1. The average molecular weight is 438 g/mol. The Labute approximate surface area is 194 Å². The van der Waals surface area contributed by atoms with Gasteiger partial charge in [-0.05, 0) is 41.9 Å². The first-order valence-corrected chi connectivity index (χ1v) is 11.6. The molecule has 1 amide bonds. The second-order valence-corrected chi connectivity index (χ2v) is 8.95. The van der Waals surface area contributed by atoms with E-state index in [1.165, 1.54) is 5.56 Å². The molecule has 0 bridgehead atoms. The van der Waals surface area contributed by atoms with E-state index < -0.39 is 5.41 Å². The van der Waals surface area contributed by atoms with Gasteiger partial charge in [0.25, 0.3) is 6.33 Å². The molecule has 2 N–H and O–H groups in total. The van der Waals surface area contributed by atoms with Crippen molar-refractivity contribution >= 4 is 5.91 Å². The van der Waals surface area contributed by atoms with Crippen LogP contribution in [0.15, 0.2) is 104 Å². The van der Waals surface area contributed by atoms with Crippen LogP contribution < -0.4 is 10.3 Å². The molecule has 1 fully saturated rings. The average Bonchev–Trinajstić information content (AvgIpc) is 3.52. The van der Waals surface area contributed by atoms with Crippen molar-refractivity contribution in [3.8, 4) is 0 Å². The van der Waals surface area contributed by atoms with Gasteiger partial charge in [-0.1, -0.05) is 91.0 Å². The molecule has 2 atom stereocenters. The summed E-state index contributed by atoms with van der Waals surface area (Å²) in [6.07, 6.45) is 6.69. The maximum atomic E-state index is 13.3. The third-order valence-electron chi connectivity index (χ3n) is 7.05. The fraction of sp³-hybridized carbons (Fsp3) is 0.250. The Bertz CT molecular complexity index is 1160. The van der Waals surface area contributed by atoms with Crippen molar-refractivity contribution in [3.05, 3.63) is 120 Å². The number of primary amides is 1. The van der Waals surface area contributed by atoms with Gasteiger partial charge < -0.3 is 5.73 Å². The van der Waals surface area contributed by atoms with Crippen molar-refractivity contribution in [2.45, 2.75) is 37.3 Å². The van der Waals surface area contributed by atoms with Gasteiger partial charge in [-0.3, -0.25) is 4.79 Å². The number of nitrogens with zero attached hydrogens (tertiary/aromatic N) is 3. The fourth-order valence-corrected chi connectivity index (χ4v) is 5.52. The largest absolute Gasteiger partial charge is 0.369 e. The molecule has 1 aliphatic carbocycles. The number of aromatic nitrogens is 3. The van der Waals surface area contributed by atoms with Crippen molar-refractivity contribution in [3.63, 3.8) is 0 Å². The van der Waals surface area contributed by atoms with E-state index in [0.717, 1.165) is 36.9 Å². The highest BCUT2D eigenvalue weighted by atomic mass is 16.1. The van der Waals surface area contributed by atoms with Gasteiger partial charge in [0.05, 0.1) is 6.54 Å². The van der Waals surface area contributed by atoms with Gasteiger partial charge in [-0.25, -0.2) is 4.57 Å². The molecule has 1 heterocycles. The number of nitrogens with two attached hydrogens (primary N) is 1. The van der Waals surface area contributed by atoms with E-state index in [4.69, 9.17) is 5.73 Å². The van der Waals surface area contributed by atoms with E-state index in [1.807, 2.05) is 73.1 Å². The molecule has 0 aliphatic heterocycles. The van der Waals surface area contributed by atoms with E-state index in [1.54, 1.807) is 0 Å². The first-order valence-electron chi connectivity index (χ1n) is 11.6. The maximum absolute atomic E-state index is 13.3. The van der Waals surface area contributed by atoms with Gasteiger partial charge in [-0.2, -0.15) is 0 Å². The van der Waals surface area contributed by atoms with Crippen LogP contribution in [0.1, 0.15) is 42.0 Å². The van der Waals surface area contributed by atoms with Crippen LogP contribution in [0.4, 0.5) is 0 Å². The lowest BCUT2D eigenvalue weighted by Gasteiger charge is -2.37. The molecule has 33 heavy (non-hydrogen) atoms.